The minimum absolute atomic E-state index is 0.500. The van der Waals surface area contributed by atoms with E-state index in [0.717, 1.165) is 5.56 Å². The molecule has 1 heterocycles. The van der Waals surface area contributed by atoms with Crippen LogP contribution in [-0.2, 0) is 11.3 Å². The first-order chi connectivity index (χ1) is 5.70. The molecule has 0 saturated carbocycles. The normalized spacial score (nSPS) is 12.8. The predicted molar refractivity (Wildman–Crippen MR) is 44.7 cm³/mol. The van der Waals surface area contributed by atoms with Gasteiger partial charge in [-0.2, -0.15) is 0 Å². The molecular weight excluding hydrogens is 156 g/mol. The van der Waals surface area contributed by atoms with Gasteiger partial charge in [-0.05, 0) is 18.6 Å². The van der Waals surface area contributed by atoms with Crippen LogP contribution in [0.1, 0.15) is 12.5 Å². The number of carboxylic acids is 1. The highest BCUT2D eigenvalue weighted by atomic mass is 16.4. The molecule has 66 valence electrons. The van der Waals surface area contributed by atoms with Crippen molar-refractivity contribution in [3.8, 4) is 0 Å². The highest BCUT2D eigenvalue weighted by Crippen LogP contribution is 1.95. The lowest BCUT2D eigenvalue weighted by Crippen LogP contribution is -2.32. The van der Waals surface area contributed by atoms with Gasteiger partial charge in [0.25, 0.3) is 0 Å². The van der Waals surface area contributed by atoms with Crippen LogP contribution in [0.15, 0.2) is 18.5 Å². The van der Waals surface area contributed by atoms with Gasteiger partial charge in [-0.25, -0.2) is 0 Å². The van der Waals surface area contributed by atoms with Gasteiger partial charge in [0.05, 0.1) is 0 Å². The Balaban J connectivity index is 2.31. The minimum Gasteiger partial charge on any atom is -0.480 e. The Morgan fingerprint density at radius 1 is 1.83 bits per heavy atom. The molecule has 0 amide bonds. The second kappa shape index (κ2) is 3.92. The van der Waals surface area contributed by atoms with E-state index in [1.165, 1.54) is 0 Å². The summed E-state index contributed by atoms with van der Waals surface area (Å²) in [7, 11) is 0. The Morgan fingerprint density at radius 3 is 3.08 bits per heavy atom. The molecule has 0 aliphatic rings. The molecule has 0 saturated heterocycles. The van der Waals surface area contributed by atoms with Crippen LogP contribution in [0.5, 0.6) is 0 Å². The smallest absolute Gasteiger partial charge is 0.320 e. The average molecular weight is 168 g/mol. The van der Waals surface area contributed by atoms with Gasteiger partial charge in [-0.3, -0.25) is 4.79 Å². The summed E-state index contributed by atoms with van der Waals surface area (Å²) in [4.78, 5) is 13.3. The number of nitrogens with one attached hydrogen (secondary N) is 2. The summed E-state index contributed by atoms with van der Waals surface area (Å²) in [6.07, 6.45) is 3.64. The van der Waals surface area contributed by atoms with Gasteiger partial charge >= 0.3 is 5.97 Å². The zero-order valence-electron chi connectivity index (χ0n) is 6.87. The average Bonchev–Trinajstić information content (AvgIpc) is 2.51. The van der Waals surface area contributed by atoms with Crippen LogP contribution in [0.3, 0.4) is 0 Å². The van der Waals surface area contributed by atoms with Crippen LogP contribution in [0.25, 0.3) is 0 Å². The molecule has 1 aromatic heterocycles. The first kappa shape index (κ1) is 8.80. The van der Waals surface area contributed by atoms with Gasteiger partial charge in [0.15, 0.2) is 0 Å². The van der Waals surface area contributed by atoms with Crippen molar-refractivity contribution >= 4 is 5.97 Å². The Bertz CT molecular complexity index is 244. The summed E-state index contributed by atoms with van der Waals surface area (Å²) in [6, 6.07) is 1.40. The number of carbonyl (C=O) groups is 1. The number of H-pyrrole nitrogens is 1. The van der Waals surface area contributed by atoms with Crippen molar-refractivity contribution in [1.82, 2.24) is 10.3 Å². The molecular formula is C8H12N2O2. The van der Waals surface area contributed by atoms with Gasteiger partial charge in [-0.1, -0.05) is 0 Å². The van der Waals surface area contributed by atoms with Crippen molar-refractivity contribution in [2.75, 3.05) is 0 Å². The molecule has 4 heteroatoms. The van der Waals surface area contributed by atoms with Crippen LogP contribution >= 0.6 is 0 Å². The maximum atomic E-state index is 10.4. The molecule has 0 bridgehead atoms. The fraction of sp³-hybridized carbons (Fsp3) is 0.375. The largest absolute Gasteiger partial charge is 0.480 e. The molecule has 0 spiro atoms. The van der Waals surface area contributed by atoms with E-state index in [0.29, 0.717) is 6.54 Å². The van der Waals surface area contributed by atoms with Crippen molar-refractivity contribution in [3.05, 3.63) is 24.0 Å². The number of carboxylic acid groups (broad SMARTS) is 1. The van der Waals surface area contributed by atoms with E-state index < -0.39 is 12.0 Å². The Labute approximate surface area is 70.6 Å². The van der Waals surface area contributed by atoms with Crippen LogP contribution in [-0.4, -0.2) is 22.1 Å². The number of aromatic amines is 1. The fourth-order valence-electron chi connectivity index (χ4n) is 0.827. The highest BCUT2D eigenvalue weighted by molar-refractivity contribution is 5.72. The zero-order valence-corrected chi connectivity index (χ0v) is 6.87. The minimum atomic E-state index is -0.828. The lowest BCUT2D eigenvalue weighted by molar-refractivity contribution is -0.139. The summed E-state index contributed by atoms with van der Waals surface area (Å²) in [5, 5.41) is 11.4. The van der Waals surface area contributed by atoms with E-state index in [4.69, 9.17) is 5.11 Å². The second-order valence-electron chi connectivity index (χ2n) is 2.66. The summed E-state index contributed by atoms with van der Waals surface area (Å²) in [5.41, 5.74) is 1.06. The molecule has 4 nitrogen and oxygen atoms in total. The Morgan fingerprint density at radius 2 is 2.58 bits per heavy atom. The lowest BCUT2D eigenvalue weighted by Gasteiger charge is -2.06. The topological polar surface area (TPSA) is 65.1 Å². The lowest BCUT2D eigenvalue weighted by atomic mass is 10.3. The van der Waals surface area contributed by atoms with Crippen molar-refractivity contribution < 1.29 is 9.90 Å². The van der Waals surface area contributed by atoms with Crippen molar-refractivity contribution in [1.29, 1.82) is 0 Å². The van der Waals surface area contributed by atoms with E-state index in [-0.39, 0.29) is 0 Å². The van der Waals surface area contributed by atoms with E-state index in [2.05, 4.69) is 10.3 Å². The molecule has 3 N–H and O–H groups in total. The van der Waals surface area contributed by atoms with Crippen LogP contribution < -0.4 is 5.32 Å². The molecule has 0 aliphatic heterocycles. The standard InChI is InChI=1S/C8H12N2O2/c1-6(8(11)12)10-5-7-2-3-9-4-7/h2-4,6,9-10H,5H2,1H3,(H,11,12). The first-order valence-electron chi connectivity index (χ1n) is 3.78. The Kier molecular flexibility index (Phi) is 2.88. The number of hydrogen-bond acceptors (Lipinski definition) is 2. The number of aromatic nitrogens is 1. The van der Waals surface area contributed by atoms with E-state index >= 15 is 0 Å². The third-order valence-corrected chi connectivity index (χ3v) is 1.65. The Hall–Kier alpha value is -1.29. The summed E-state index contributed by atoms with van der Waals surface area (Å²) >= 11 is 0. The predicted octanol–water partition coefficient (Wildman–Crippen LogP) is 0.577. The maximum Gasteiger partial charge on any atom is 0.320 e. The molecule has 0 aliphatic carbocycles. The fourth-order valence-corrected chi connectivity index (χ4v) is 0.827. The number of aliphatic carboxylic acids is 1. The zero-order chi connectivity index (χ0) is 8.97. The molecule has 0 aromatic carbocycles. The molecule has 12 heavy (non-hydrogen) atoms. The van der Waals surface area contributed by atoms with E-state index in [1.54, 1.807) is 6.92 Å². The molecule has 1 atom stereocenters. The molecule has 1 aromatic rings. The van der Waals surface area contributed by atoms with Gasteiger partial charge < -0.3 is 15.4 Å². The number of hydrogen-bond donors (Lipinski definition) is 3. The summed E-state index contributed by atoms with van der Waals surface area (Å²) < 4.78 is 0. The number of rotatable bonds is 4. The molecule has 1 unspecified atom stereocenters. The third-order valence-electron chi connectivity index (χ3n) is 1.65. The van der Waals surface area contributed by atoms with Gasteiger partial charge in [0.1, 0.15) is 6.04 Å². The SMILES string of the molecule is CC(NCc1cc[nH]c1)C(=O)O. The van der Waals surface area contributed by atoms with Crippen molar-refractivity contribution in [2.24, 2.45) is 0 Å². The quantitative estimate of drug-likeness (QED) is 0.616. The monoisotopic (exact) mass is 168 g/mol. The van der Waals surface area contributed by atoms with Crippen molar-refractivity contribution in [3.63, 3.8) is 0 Å². The maximum absolute atomic E-state index is 10.4. The van der Waals surface area contributed by atoms with Crippen LogP contribution in [0.2, 0.25) is 0 Å². The summed E-state index contributed by atoms with van der Waals surface area (Å²) in [6.45, 7) is 2.20. The first-order valence-corrected chi connectivity index (χ1v) is 3.78. The van der Waals surface area contributed by atoms with E-state index in [1.807, 2.05) is 18.5 Å². The molecule has 1 rings (SSSR count). The highest BCUT2D eigenvalue weighted by Gasteiger charge is 2.08. The van der Waals surface area contributed by atoms with Crippen molar-refractivity contribution in [2.45, 2.75) is 19.5 Å². The second-order valence-corrected chi connectivity index (χ2v) is 2.66. The van der Waals surface area contributed by atoms with Crippen LogP contribution in [0.4, 0.5) is 0 Å². The summed E-state index contributed by atoms with van der Waals surface area (Å²) in [5.74, 6) is -0.828. The van der Waals surface area contributed by atoms with Gasteiger partial charge in [-0.15, -0.1) is 0 Å². The van der Waals surface area contributed by atoms with Gasteiger partial charge in [0, 0.05) is 18.9 Å². The van der Waals surface area contributed by atoms with Crippen LogP contribution in [0, 0.1) is 0 Å². The molecule has 0 fully saturated rings. The van der Waals surface area contributed by atoms with Gasteiger partial charge in [0.2, 0.25) is 0 Å². The van der Waals surface area contributed by atoms with E-state index in [9.17, 15) is 4.79 Å². The molecule has 0 radical (unpaired) electrons. The third kappa shape index (κ3) is 2.39.